The maximum Gasteiger partial charge on any atom is 0.417 e. The van der Waals surface area contributed by atoms with Crippen molar-refractivity contribution in [3.63, 3.8) is 0 Å². The molecule has 0 atom stereocenters. The topological polar surface area (TPSA) is 93.6 Å². The van der Waals surface area contributed by atoms with Crippen LogP contribution < -0.4 is 20.5 Å². The summed E-state index contributed by atoms with van der Waals surface area (Å²) in [5.74, 6) is -1.26. The van der Waals surface area contributed by atoms with Gasteiger partial charge >= 0.3 is 12.4 Å². The van der Waals surface area contributed by atoms with Crippen molar-refractivity contribution in [1.82, 2.24) is 4.98 Å². The molecule has 1 heterocycles. The number of aromatic nitrogens is 1. The van der Waals surface area contributed by atoms with E-state index in [1.165, 1.54) is 37.4 Å². The molecule has 0 unspecified atom stereocenters. The molecule has 0 aliphatic heterocycles. The molecule has 7 nitrogen and oxygen atoms in total. The number of carbonyl (C=O) groups is 1. The van der Waals surface area contributed by atoms with Crippen LogP contribution >= 0.6 is 0 Å². The zero-order valence-corrected chi connectivity index (χ0v) is 12.8. The molecule has 1 aromatic heterocycles. The van der Waals surface area contributed by atoms with E-state index in [0.717, 1.165) is 0 Å². The highest BCUT2D eigenvalue weighted by atomic mass is 19.3. The first-order valence-electron chi connectivity index (χ1n) is 7.03. The van der Waals surface area contributed by atoms with Crippen molar-refractivity contribution in [1.29, 1.82) is 0 Å². The van der Waals surface area contributed by atoms with E-state index in [1.54, 1.807) is 6.07 Å². The fraction of sp³-hybridized carbons (Fsp3) is 0.125. The Labute approximate surface area is 139 Å². The number of carbonyl (C=O) groups excluding carboxylic acids is 1. The summed E-state index contributed by atoms with van der Waals surface area (Å²) in [5, 5.41) is 2.62. The molecule has 9 heteroatoms. The molecule has 3 aromatic rings. The summed E-state index contributed by atoms with van der Waals surface area (Å²) in [6, 6.07) is 8.45. The molecule has 0 radical (unpaired) electrons. The summed E-state index contributed by atoms with van der Waals surface area (Å²) in [5.41, 5.74) is 1.39. The summed E-state index contributed by atoms with van der Waals surface area (Å²) in [6.07, 6.45) is 0. The molecule has 0 bridgehead atoms. The van der Waals surface area contributed by atoms with E-state index in [-0.39, 0.29) is 17.1 Å². The number of benzene rings is 2. The Morgan fingerprint density at radius 2 is 2.00 bits per heavy atom. The van der Waals surface area contributed by atoms with E-state index >= 15 is 0 Å². The Hall–Kier alpha value is -3.36. The fourth-order valence-corrected chi connectivity index (χ4v) is 2.24. The Balaban J connectivity index is 1.82. The number of ether oxygens (including phenoxy) is 2. The average molecular weight is 350 g/mol. The second-order valence-corrected chi connectivity index (χ2v) is 4.92. The number of amides is 1. The quantitative estimate of drug-likeness (QED) is 0.738. The molecule has 2 aromatic carbocycles. The van der Waals surface area contributed by atoms with Gasteiger partial charge in [0.2, 0.25) is 0 Å². The second kappa shape index (κ2) is 6.63. The standard InChI is InChI=1S/C16H12F2N2O5/c1-23-13-6-8(2-4-12(13)24-15(17)18)14(21)19-9-3-5-11-10(7-9)20-16(22)25-11/h2-7,15H,1H3,(H,19,21)(H,20,22). The molecule has 2 N–H and O–H groups in total. The van der Waals surface area contributed by atoms with Crippen LogP contribution in [0.5, 0.6) is 11.5 Å². The fourth-order valence-electron chi connectivity index (χ4n) is 2.24. The molecule has 0 fully saturated rings. The first-order chi connectivity index (χ1) is 12.0. The van der Waals surface area contributed by atoms with Crippen LogP contribution in [0.15, 0.2) is 45.6 Å². The van der Waals surface area contributed by atoms with Gasteiger partial charge in [0.05, 0.1) is 12.6 Å². The third-order valence-electron chi connectivity index (χ3n) is 3.32. The lowest BCUT2D eigenvalue weighted by molar-refractivity contribution is -0.0512. The van der Waals surface area contributed by atoms with Crippen molar-refractivity contribution in [3.8, 4) is 11.5 Å². The van der Waals surface area contributed by atoms with Gasteiger partial charge in [-0.1, -0.05) is 0 Å². The molecular formula is C16H12F2N2O5. The van der Waals surface area contributed by atoms with Gasteiger partial charge in [-0.3, -0.25) is 9.78 Å². The van der Waals surface area contributed by atoms with Crippen LogP contribution in [0.2, 0.25) is 0 Å². The summed E-state index contributed by atoms with van der Waals surface area (Å²) >= 11 is 0. The number of rotatable bonds is 5. The highest BCUT2D eigenvalue weighted by Gasteiger charge is 2.14. The van der Waals surface area contributed by atoms with Gasteiger partial charge in [-0.15, -0.1) is 0 Å². The predicted octanol–water partition coefficient (Wildman–Crippen LogP) is 2.98. The van der Waals surface area contributed by atoms with E-state index in [1.807, 2.05) is 0 Å². The number of anilines is 1. The molecular weight excluding hydrogens is 338 g/mol. The number of oxazole rings is 1. The van der Waals surface area contributed by atoms with Crippen molar-refractivity contribution in [3.05, 3.63) is 52.5 Å². The zero-order valence-electron chi connectivity index (χ0n) is 12.8. The molecule has 130 valence electrons. The van der Waals surface area contributed by atoms with Crippen LogP contribution in [-0.2, 0) is 0 Å². The van der Waals surface area contributed by atoms with Crippen molar-refractivity contribution < 1.29 is 27.5 Å². The molecule has 0 spiro atoms. The Bertz CT molecular complexity index is 980. The van der Waals surface area contributed by atoms with E-state index in [9.17, 15) is 18.4 Å². The second-order valence-electron chi connectivity index (χ2n) is 4.92. The Kier molecular flexibility index (Phi) is 4.38. The van der Waals surface area contributed by atoms with E-state index < -0.39 is 18.3 Å². The molecule has 0 saturated carbocycles. The van der Waals surface area contributed by atoms with Gasteiger partial charge in [0, 0.05) is 11.3 Å². The minimum atomic E-state index is -3.00. The monoisotopic (exact) mass is 350 g/mol. The number of halogens is 2. The zero-order chi connectivity index (χ0) is 18.0. The number of nitrogens with one attached hydrogen (secondary N) is 2. The molecule has 3 rings (SSSR count). The van der Waals surface area contributed by atoms with Crippen molar-refractivity contribution >= 4 is 22.7 Å². The molecule has 0 saturated heterocycles. The molecule has 0 aliphatic carbocycles. The van der Waals surface area contributed by atoms with Gasteiger partial charge in [0.25, 0.3) is 5.91 Å². The SMILES string of the molecule is COc1cc(C(=O)Nc2ccc3oc(=O)[nH]c3c2)ccc1OC(F)F. The van der Waals surface area contributed by atoms with Crippen LogP contribution in [0, 0.1) is 0 Å². The molecule has 0 aliphatic rings. The number of H-pyrrole nitrogens is 1. The number of alkyl halides is 2. The molecule has 25 heavy (non-hydrogen) atoms. The first kappa shape index (κ1) is 16.5. The van der Waals surface area contributed by atoms with Crippen molar-refractivity contribution in [2.24, 2.45) is 0 Å². The summed E-state index contributed by atoms with van der Waals surface area (Å²) in [7, 11) is 1.28. The highest BCUT2D eigenvalue weighted by molar-refractivity contribution is 6.05. The van der Waals surface area contributed by atoms with Crippen molar-refractivity contribution in [2.75, 3.05) is 12.4 Å². The Morgan fingerprint density at radius 3 is 2.72 bits per heavy atom. The van der Waals surface area contributed by atoms with Gasteiger partial charge in [0.1, 0.15) is 0 Å². The highest BCUT2D eigenvalue weighted by Crippen LogP contribution is 2.29. The minimum absolute atomic E-state index is 0.00238. The number of fused-ring (bicyclic) bond motifs is 1. The number of hydrogen-bond acceptors (Lipinski definition) is 5. The Morgan fingerprint density at radius 1 is 1.20 bits per heavy atom. The molecule has 1 amide bonds. The predicted molar refractivity (Wildman–Crippen MR) is 84.4 cm³/mol. The van der Waals surface area contributed by atoms with Gasteiger partial charge in [-0.2, -0.15) is 8.78 Å². The largest absolute Gasteiger partial charge is 0.493 e. The van der Waals surface area contributed by atoms with Crippen LogP contribution in [0.4, 0.5) is 14.5 Å². The number of hydrogen-bond donors (Lipinski definition) is 2. The summed E-state index contributed by atoms with van der Waals surface area (Å²) in [4.78, 5) is 25.9. The van der Waals surface area contributed by atoms with E-state index in [2.05, 4.69) is 15.0 Å². The smallest absolute Gasteiger partial charge is 0.417 e. The van der Waals surface area contributed by atoms with Gasteiger partial charge in [0.15, 0.2) is 17.1 Å². The first-order valence-corrected chi connectivity index (χ1v) is 7.03. The minimum Gasteiger partial charge on any atom is -0.493 e. The number of aromatic amines is 1. The van der Waals surface area contributed by atoms with Crippen LogP contribution in [0.25, 0.3) is 11.1 Å². The van der Waals surface area contributed by atoms with Crippen LogP contribution in [-0.4, -0.2) is 24.6 Å². The van der Waals surface area contributed by atoms with Crippen LogP contribution in [0.3, 0.4) is 0 Å². The van der Waals surface area contributed by atoms with E-state index in [4.69, 9.17) is 9.15 Å². The van der Waals surface area contributed by atoms with Gasteiger partial charge in [-0.05, 0) is 36.4 Å². The maximum absolute atomic E-state index is 12.3. The van der Waals surface area contributed by atoms with Crippen molar-refractivity contribution in [2.45, 2.75) is 6.61 Å². The lowest BCUT2D eigenvalue weighted by Gasteiger charge is -2.11. The lowest BCUT2D eigenvalue weighted by atomic mass is 10.1. The van der Waals surface area contributed by atoms with E-state index in [0.29, 0.717) is 16.8 Å². The average Bonchev–Trinajstić information content (AvgIpc) is 2.94. The van der Waals surface area contributed by atoms with Gasteiger partial charge < -0.3 is 19.2 Å². The lowest BCUT2D eigenvalue weighted by Crippen LogP contribution is -2.12. The third-order valence-corrected chi connectivity index (χ3v) is 3.32. The number of methoxy groups -OCH3 is 1. The van der Waals surface area contributed by atoms with Gasteiger partial charge in [-0.25, -0.2) is 4.79 Å². The maximum atomic E-state index is 12.3. The summed E-state index contributed by atoms with van der Waals surface area (Å²) in [6.45, 7) is -3.00. The third kappa shape index (κ3) is 3.60. The van der Waals surface area contributed by atoms with Crippen LogP contribution in [0.1, 0.15) is 10.4 Å². The summed E-state index contributed by atoms with van der Waals surface area (Å²) < 4.78 is 38.8. The normalized spacial score (nSPS) is 10.9.